The van der Waals surface area contributed by atoms with Gasteiger partial charge in [0.05, 0.1) is 24.8 Å². The van der Waals surface area contributed by atoms with E-state index in [9.17, 15) is 0 Å². The molecule has 17 heavy (non-hydrogen) atoms. The van der Waals surface area contributed by atoms with E-state index in [1.165, 1.54) is 0 Å². The Morgan fingerprint density at radius 1 is 1.47 bits per heavy atom. The first-order valence-electron chi connectivity index (χ1n) is 5.79. The fourth-order valence-corrected chi connectivity index (χ4v) is 1.44. The maximum absolute atomic E-state index is 8.56. The summed E-state index contributed by atoms with van der Waals surface area (Å²) in [6, 6.07) is 7.82. The van der Waals surface area contributed by atoms with Gasteiger partial charge in [-0.15, -0.1) is 0 Å². The van der Waals surface area contributed by atoms with Crippen molar-refractivity contribution in [3.63, 3.8) is 0 Å². The monoisotopic (exact) mass is 233 g/mol. The van der Waals surface area contributed by atoms with Crippen molar-refractivity contribution in [3.8, 4) is 11.8 Å². The first-order chi connectivity index (χ1) is 8.19. The molecule has 0 heterocycles. The summed E-state index contributed by atoms with van der Waals surface area (Å²) in [5.74, 6) is 0.716. The maximum atomic E-state index is 8.56. The molecule has 0 radical (unpaired) electrons. The minimum absolute atomic E-state index is 0.506. The van der Waals surface area contributed by atoms with Crippen molar-refractivity contribution in [1.82, 2.24) is 0 Å². The molecular weight excluding hydrogens is 214 g/mol. The van der Waals surface area contributed by atoms with Gasteiger partial charge < -0.3 is 15.4 Å². The quantitative estimate of drug-likeness (QED) is 0.766. The normalized spacial score (nSPS) is 9.71. The van der Waals surface area contributed by atoms with Gasteiger partial charge in [0.2, 0.25) is 0 Å². The van der Waals surface area contributed by atoms with Crippen LogP contribution in [0.3, 0.4) is 0 Å². The fourth-order valence-electron chi connectivity index (χ4n) is 1.44. The van der Waals surface area contributed by atoms with Crippen LogP contribution in [-0.2, 0) is 0 Å². The van der Waals surface area contributed by atoms with Gasteiger partial charge in [-0.25, -0.2) is 0 Å². The van der Waals surface area contributed by atoms with Gasteiger partial charge in [0, 0.05) is 25.3 Å². The topological polar surface area (TPSA) is 62.3 Å². The molecule has 0 fully saturated rings. The molecule has 0 aliphatic heterocycles. The number of nitrogens with two attached hydrogens (primary N) is 1. The molecule has 0 aliphatic carbocycles. The Morgan fingerprint density at radius 2 is 2.24 bits per heavy atom. The van der Waals surface area contributed by atoms with E-state index < -0.39 is 0 Å². The van der Waals surface area contributed by atoms with E-state index in [0.717, 1.165) is 12.1 Å². The zero-order valence-corrected chi connectivity index (χ0v) is 10.4. The van der Waals surface area contributed by atoms with Gasteiger partial charge in [-0.2, -0.15) is 5.26 Å². The number of nitriles is 1. The Hall–Kier alpha value is -1.89. The van der Waals surface area contributed by atoms with Crippen molar-refractivity contribution in [3.05, 3.63) is 18.2 Å². The molecule has 0 atom stereocenters. The number of hydrogen-bond acceptors (Lipinski definition) is 4. The summed E-state index contributed by atoms with van der Waals surface area (Å²) < 4.78 is 5.56. The van der Waals surface area contributed by atoms with Crippen LogP contribution in [-0.4, -0.2) is 20.2 Å². The van der Waals surface area contributed by atoms with Crippen molar-refractivity contribution in [2.75, 3.05) is 30.8 Å². The zero-order chi connectivity index (χ0) is 12.7. The molecule has 0 saturated heterocycles. The van der Waals surface area contributed by atoms with Gasteiger partial charge in [0.25, 0.3) is 0 Å². The van der Waals surface area contributed by atoms with Gasteiger partial charge in [0.1, 0.15) is 5.75 Å². The number of hydrogen-bond donors (Lipinski definition) is 1. The van der Waals surface area contributed by atoms with Crippen LogP contribution in [0.2, 0.25) is 0 Å². The predicted octanol–water partition coefficient (Wildman–Crippen LogP) is 2.41. The van der Waals surface area contributed by atoms with Gasteiger partial charge >= 0.3 is 0 Å². The molecule has 0 aromatic heterocycles. The second-order valence-corrected chi connectivity index (χ2v) is 3.90. The first kappa shape index (κ1) is 13.2. The fraction of sp³-hybridized carbons (Fsp3) is 0.462. The molecule has 0 bridgehead atoms. The summed E-state index contributed by atoms with van der Waals surface area (Å²) in [4.78, 5) is 2.02. The van der Waals surface area contributed by atoms with Crippen molar-refractivity contribution in [1.29, 1.82) is 5.26 Å². The van der Waals surface area contributed by atoms with Crippen LogP contribution in [0.25, 0.3) is 0 Å². The van der Waals surface area contributed by atoms with Crippen LogP contribution in [0, 0.1) is 11.3 Å². The molecule has 4 heteroatoms. The van der Waals surface area contributed by atoms with Crippen LogP contribution in [0.5, 0.6) is 5.75 Å². The van der Waals surface area contributed by atoms with Crippen LogP contribution in [0.15, 0.2) is 18.2 Å². The molecule has 0 aliphatic rings. The van der Waals surface area contributed by atoms with E-state index >= 15 is 0 Å². The first-order valence-corrected chi connectivity index (χ1v) is 5.79. The molecule has 2 N–H and O–H groups in total. The van der Waals surface area contributed by atoms with Gasteiger partial charge in [-0.05, 0) is 18.6 Å². The smallest absolute Gasteiger partial charge is 0.144 e. The highest BCUT2D eigenvalue weighted by atomic mass is 16.5. The molecule has 1 aromatic carbocycles. The van der Waals surface area contributed by atoms with E-state index in [4.69, 9.17) is 15.7 Å². The molecule has 0 spiro atoms. The Morgan fingerprint density at radius 3 is 2.88 bits per heavy atom. The Kier molecular flexibility index (Phi) is 5.15. The Balaban J connectivity index is 2.77. The van der Waals surface area contributed by atoms with Crippen molar-refractivity contribution >= 4 is 11.4 Å². The van der Waals surface area contributed by atoms with E-state index in [-0.39, 0.29) is 0 Å². The second-order valence-electron chi connectivity index (χ2n) is 3.90. The molecular formula is C13H19N3O. The molecule has 92 valence electrons. The third kappa shape index (κ3) is 3.87. The zero-order valence-electron chi connectivity index (χ0n) is 10.4. The molecule has 4 nitrogen and oxygen atoms in total. The van der Waals surface area contributed by atoms with Gasteiger partial charge in [-0.3, -0.25) is 0 Å². The van der Waals surface area contributed by atoms with Crippen LogP contribution < -0.4 is 15.4 Å². The van der Waals surface area contributed by atoms with Crippen molar-refractivity contribution < 1.29 is 4.74 Å². The highest BCUT2D eigenvalue weighted by Gasteiger charge is 2.05. The van der Waals surface area contributed by atoms with Gasteiger partial charge in [-0.1, -0.05) is 6.92 Å². The Labute approximate surface area is 103 Å². The molecule has 1 aromatic rings. The summed E-state index contributed by atoms with van der Waals surface area (Å²) >= 11 is 0. The minimum atomic E-state index is 0.506. The molecule has 1 rings (SSSR count). The maximum Gasteiger partial charge on any atom is 0.144 e. The molecule has 0 saturated carbocycles. The van der Waals surface area contributed by atoms with Gasteiger partial charge in [0.15, 0.2) is 0 Å². The number of nitrogens with zero attached hydrogens (tertiary/aromatic N) is 2. The number of ether oxygens (including phenoxy) is 1. The Bertz CT molecular complexity index is 398. The summed E-state index contributed by atoms with van der Waals surface area (Å²) in [6.07, 6.45) is 1.46. The lowest BCUT2D eigenvalue weighted by molar-refractivity contribution is 0.319. The predicted molar refractivity (Wildman–Crippen MR) is 70.1 cm³/mol. The lowest BCUT2D eigenvalue weighted by Crippen LogP contribution is -2.18. The second kappa shape index (κ2) is 6.64. The number of anilines is 2. The molecule has 0 unspecified atom stereocenters. The SMILES string of the molecule is CCCOc1cc(N(C)CCC#N)ccc1N. The largest absolute Gasteiger partial charge is 0.491 e. The van der Waals surface area contributed by atoms with Crippen molar-refractivity contribution in [2.45, 2.75) is 19.8 Å². The van der Waals surface area contributed by atoms with E-state index in [1.54, 1.807) is 0 Å². The summed E-state index contributed by atoms with van der Waals surface area (Å²) in [6.45, 7) is 3.42. The summed E-state index contributed by atoms with van der Waals surface area (Å²) in [7, 11) is 1.95. The van der Waals surface area contributed by atoms with Crippen LogP contribution in [0.4, 0.5) is 11.4 Å². The number of nitrogen functional groups attached to an aromatic ring is 1. The number of rotatable bonds is 6. The molecule has 0 amide bonds. The van der Waals surface area contributed by atoms with Crippen LogP contribution >= 0.6 is 0 Å². The lowest BCUT2D eigenvalue weighted by Gasteiger charge is -2.19. The average molecular weight is 233 g/mol. The van der Waals surface area contributed by atoms with E-state index in [0.29, 0.717) is 31.0 Å². The highest BCUT2D eigenvalue weighted by Crippen LogP contribution is 2.27. The standard InChI is InChI=1S/C13H19N3O/c1-3-9-17-13-10-11(5-6-12(13)15)16(2)8-4-7-14/h5-6,10H,3-4,8-9,15H2,1-2H3. The highest BCUT2D eigenvalue weighted by molar-refractivity contribution is 5.62. The van der Waals surface area contributed by atoms with E-state index in [2.05, 4.69) is 13.0 Å². The lowest BCUT2D eigenvalue weighted by atomic mass is 10.2. The summed E-state index contributed by atoms with van der Waals surface area (Å²) in [5.41, 5.74) is 7.50. The third-order valence-electron chi connectivity index (χ3n) is 2.46. The van der Waals surface area contributed by atoms with Crippen LogP contribution in [0.1, 0.15) is 19.8 Å². The minimum Gasteiger partial charge on any atom is -0.491 e. The third-order valence-corrected chi connectivity index (χ3v) is 2.46. The van der Waals surface area contributed by atoms with Crippen molar-refractivity contribution in [2.24, 2.45) is 0 Å². The average Bonchev–Trinajstić information content (AvgIpc) is 2.35. The number of benzene rings is 1. The van der Waals surface area contributed by atoms with E-state index in [1.807, 2.05) is 30.1 Å². The summed E-state index contributed by atoms with van der Waals surface area (Å²) in [5, 5.41) is 8.56.